The second kappa shape index (κ2) is 8.43. The van der Waals surface area contributed by atoms with Gasteiger partial charge in [-0.05, 0) is 36.3 Å². The quantitative estimate of drug-likeness (QED) is 0.427. The van der Waals surface area contributed by atoms with Crippen LogP contribution >= 0.6 is 15.9 Å². The highest BCUT2D eigenvalue weighted by Crippen LogP contribution is 2.44. The second-order valence-electron chi connectivity index (χ2n) is 7.12. The van der Waals surface area contributed by atoms with Gasteiger partial charge in [0, 0.05) is 32.8 Å². The van der Waals surface area contributed by atoms with E-state index in [-0.39, 0.29) is 11.7 Å². The number of hydrogen-bond acceptors (Lipinski definition) is 5. The van der Waals surface area contributed by atoms with Crippen LogP contribution in [0.2, 0.25) is 0 Å². The van der Waals surface area contributed by atoms with Crippen molar-refractivity contribution in [2.45, 2.75) is 13.0 Å². The summed E-state index contributed by atoms with van der Waals surface area (Å²) in [5.74, 6) is -1.26. The number of rotatable bonds is 4. The topological polar surface area (TPSA) is 71.6 Å². The number of nitrogens with one attached hydrogen (secondary N) is 1. The van der Waals surface area contributed by atoms with Crippen molar-refractivity contribution < 1.29 is 19.1 Å². The molecule has 0 bridgehead atoms. The Morgan fingerprint density at radius 1 is 1.10 bits per heavy atom. The van der Waals surface area contributed by atoms with Crippen LogP contribution in [0.15, 0.2) is 64.9 Å². The van der Waals surface area contributed by atoms with Gasteiger partial charge in [0.2, 0.25) is 0 Å². The van der Waals surface area contributed by atoms with Crippen LogP contribution in [0.4, 0.5) is 0 Å². The molecule has 1 unspecified atom stereocenters. The standard InChI is InChI=1S/C24H21BrN2O4/c1-14-22(17-7-4-5-10-19(17)26-14)23-16-8-6-9-18(25)15(16)11-12-27(23)20(24(29)31-3)13-21(28)30-2/h4-13,23,26H,1-3H3/b20-13+. The van der Waals surface area contributed by atoms with Crippen LogP contribution in [0, 0.1) is 6.92 Å². The fraction of sp³-hybridized carbons (Fsp3) is 0.167. The molecule has 0 saturated carbocycles. The first kappa shape index (κ1) is 20.9. The van der Waals surface area contributed by atoms with Gasteiger partial charge < -0.3 is 19.4 Å². The Balaban J connectivity index is 2.01. The summed E-state index contributed by atoms with van der Waals surface area (Å²) < 4.78 is 10.7. The summed E-state index contributed by atoms with van der Waals surface area (Å²) in [6.45, 7) is 2.01. The van der Waals surface area contributed by atoms with E-state index in [2.05, 4.69) is 20.9 Å². The average molecular weight is 481 g/mol. The number of hydrogen-bond donors (Lipinski definition) is 1. The minimum Gasteiger partial charge on any atom is -0.466 e. The minimum atomic E-state index is -0.636. The number of aromatic nitrogens is 1. The van der Waals surface area contributed by atoms with Crippen LogP contribution in [-0.2, 0) is 19.1 Å². The first-order valence-corrected chi connectivity index (χ1v) is 10.5. The van der Waals surface area contributed by atoms with E-state index in [1.807, 2.05) is 55.5 Å². The Kier molecular flexibility index (Phi) is 5.69. The normalized spacial score (nSPS) is 15.7. The molecule has 158 valence electrons. The molecule has 0 saturated heterocycles. The number of aromatic amines is 1. The smallest absolute Gasteiger partial charge is 0.354 e. The molecule has 1 aliphatic rings. The predicted molar refractivity (Wildman–Crippen MR) is 122 cm³/mol. The van der Waals surface area contributed by atoms with Crippen LogP contribution in [0.1, 0.15) is 28.4 Å². The van der Waals surface area contributed by atoms with E-state index in [9.17, 15) is 9.59 Å². The van der Waals surface area contributed by atoms with Crippen molar-refractivity contribution in [2.24, 2.45) is 0 Å². The van der Waals surface area contributed by atoms with E-state index >= 15 is 0 Å². The van der Waals surface area contributed by atoms with Crippen molar-refractivity contribution >= 4 is 44.8 Å². The second-order valence-corrected chi connectivity index (χ2v) is 7.98. The van der Waals surface area contributed by atoms with Crippen LogP contribution < -0.4 is 0 Å². The molecule has 4 rings (SSSR count). The number of nitrogens with zero attached hydrogens (tertiary/aromatic N) is 1. The SMILES string of the molecule is COC(=O)/C=C(\C(=O)OC)N1C=Cc2c(Br)cccc2C1c1c(C)[nH]c2ccccc12. The maximum absolute atomic E-state index is 12.7. The molecule has 0 spiro atoms. The largest absolute Gasteiger partial charge is 0.466 e. The van der Waals surface area contributed by atoms with Crippen molar-refractivity contribution in [3.05, 3.63) is 87.3 Å². The average Bonchev–Trinajstić information content (AvgIpc) is 3.11. The van der Waals surface area contributed by atoms with Gasteiger partial charge in [-0.2, -0.15) is 0 Å². The first-order valence-electron chi connectivity index (χ1n) is 9.66. The summed E-state index contributed by atoms with van der Waals surface area (Å²) in [6, 6.07) is 13.6. The van der Waals surface area contributed by atoms with Gasteiger partial charge in [-0.1, -0.05) is 46.3 Å². The van der Waals surface area contributed by atoms with Crippen LogP contribution in [-0.4, -0.2) is 36.0 Å². The third-order valence-corrected chi connectivity index (χ3v) is 6.10. The highest BCUT2D eigenvalue weighted by Gasteiger charge is 2.34. The molecule has 0 fully saturated rings. The van der Waals surface area contributed by atoms with Gasteiger partial charge in [-0.3, -0.25) is 0 Å². The number of carbonyl (C=O) groups excluding carboxylic acids is 2. The number of aryl methyl sites for hydroxylation is 1. The lowest BCUT2D eigenvalue weighted by molar-refractivity contribution is -0.139. The van der Waals surface area contributed by atoms with E-state index in [0.717, 1.165) is 43.8 Å². The molecule has 0 aliphatic carbocycles. The lowest BCUT2D eigenvalue weighted by Crippen LogP contribution is -2.32. The summed E-state index contributed by atoms with van der Waals surface area (Å²) in [7, 11) is 2.56. The molecule has 6 nitrogen and oxygen atoms in total. The number of para-hydroxylation sites is 1. The Morgan fingerprint density at radius 2 is 1.87 bits per heavy atom. The number of ether oxygens (including phenoxy) is 2. The fourth-order valence-corrected chi connectivity index (χ4v) is 4.55. The molecule has 1 aliphatic heterocycles. The number of H-pyrrole nitrogens is 1. The molecule has 2 heterocycles. The number of methoxy groups -OCH3 is 2. The molecule has 1 atom stereocenters. The zero-order valence-electron chi connectivity index (χ0n) is 17.3. The van der Waals surface area contributed by atoms with Crippen LogP contribution in [0.3, 0.4) is 0 Å². The zero-order valence-corrected chi connectivity index (χ0v) is 18.9. The highest BCUT2D eigenvalue weighted by atomic mass is 79.9. The predicted octanol–water partition coefficient (Wildman–Crippen LogP) is 4.84. The Labute approximate surface area is 188 Å². The van der Waals surface area contributed by atoms with Gasteiger partial charge in [-0.25, -0.2) is 9.59 Å². The third kappa shape index (κ3) is 3.65. The Hall–Kier alpha value is -3.32. The Bertz CT molecular complexity index is 1240. The van der Waals surface area contributed by atoms with Gasteiger partial charge in [-0.15, -0.1) is 0 Å². The molecule has 7 heteroatoms. The number of esters is 2. The van der Waals surface area contributed by atoms with Crippen molar-refractivity contribution in [3.8, 4) is 0 Å². The molecule has 31 heavy (non-hydrogen) atoms. The molecule has 0 radical (unpaired) electrons. The highest BCUT2D eigenvalue weighted by molar-refractivity contribution is 9.10. The minimum absolute atomic E-state index is 0.0888. The van der Waals surface area contributed by atoms with Crippen molar-refractivity contribution in [3.63, 3.8) is 0 Å². The van der Waals surface area contributed by atoms with Crippen molar-refractivity contribution in [1.82, 2.24) is 9.88 Å². The molecule has 3 aromatic rings. The third-order valence-electron chi connectivity index (χ3n) is 5.41. The maximum Gasteiger partial charge on any atom is 0.354 e. The van der Waals surface area contributed by atoms with Gasteiger partial charge in [0.15, 0.2) is 0 Å². The summed E-state index contributed by atoms with van der Waals surface area (Å²) in [5, 5.41) is 1.04. The van der Waals surface area contributed by atoms with E-state index < -0.39 is 11.9 Å². The van der Waals surface area contributed by atoms with E-state index in [1.165, 1.54) is 14.2 Å². The van der Waals surface area contributed by atoms with Gasteiger partial charge >= 0.3 is 11.9 Å². The summed E-state index contributed by atoms with van der Waals surface area (Å²) in [5.41, 5.74) is 5.07. The molecule has 2 aromatic carbocycles. The summed E-state index contributed by atoms with van der Waals surface area (Å²) in [6.07, 6.45) is 4.87. The number of halogens is 1. The number of fused-ring (bicyclic) bond motifs is 2. The van der Waals surface area contributed by atoms with E-state index in [0.29, 0.717) is 0 Å². The lowest BCUT2D eigenvalue weighted by atomic mass is 9.88. The summed E-state index contributed by atoms with van der Waals surface area (Å²) in [4.78, 5) is 30.0. The van der Waals surface area contributed by atoms with E-state index in [4.69, 9.17) is 9.47 Å². The Morgan fingerprint density at radius 3 is 2.61 bits per heavy atom. The maximum atomic E-state index is 12.7. The van der Waals surface area contributed by atoms with Gasteiger partial charge in [0.1, 0.15) is 5.70 Å². The lowest BCUT2D eigenvalue weighted by Gasteiger charge is -2.36. The number of carbonyl (C=O) groups is 2. The van der Waals surface area contributed by atoms with Crippen LogP contribution in [0.5, 0.6) is 0 Å². The monoisotopic (exact) mass is 480 g/mol. The zero-order chi connectivity index (χ0) is 22.1. The first-order chi connectivity index (χ1) is 15.0. The molecular weight excluding hydrogens is 460 g/mol. The molecule has 1 N–H and O–H groups in total. The van der Waals surface area contributed by atoms with E-state index in [1.54, 1.807) is 11.1 Å². The van der Waals surface area contributed by atoms with Crippen molar-refractivity contribution in [2.75, 3.05) is 14.2 Å². The van der Waals surface area contributed by atoms with Crippen LogP contribution in [0.25, 0.3) is 17.0 Å². The molecular formula is C24H21BrN2O4. The van der Waals surface area contributed by atoms with Gasteiger partial charge in [0.05, 0.1) is 26.3 Å². The molecule has 1 aromatic heterocycles. The molecule has 0 amide bonds. The number of benzene rings is 2. The van der Waals surface area contributed by atoms with Crippen molar-refractivity contribution in [1.29, 1.82) is 0 Å². The fourth-order valence-electron chi connectivity index (χ4n) is 4.04. The van der Waals surface area contributed by atoms with Gasteiger partial charge in [0.25, 0.3) is 0 Å². The summed E-state index contributed by atoms with van der Waals surface area (Å²) >= 11 is 3.63.